The Hall–Kier alpha value is -2.82. The normalized spacial score (nSPS) is 13.8. The van der Waals surface area contributed by atoms with E-state index < -0.39 is 5.97 Å². The fourth-order valence-corrected chi connectivity index (χ4v) is 2.57. The highest BCUT2D eigenvalue weighted by Gasteiger charge is 2.17. The Kier molecular flexibility index (Phi) is 4.02. The first-order chi connectivity index (χ1) is 11.0. The monoisotopic (exact) mass is 309 g/mol. The first-order valence-corrected chi connectivity index (χ1v) is 7.51. The molecule has 0 atom stereocenters. The minimum Gasteiger partial charge on any atom is -0.478 e. The Labute approximate surface area is 135 Å². The molecule has 0 bridgehead atoms. The van der Waals surface area contributed by atoms with Crippen molar-refractivity contribution >= 4 is 23.1 Å². The molecule has 0 unspecified atom stereocenters. The number of hydrazone groups is 1. The molecule has 0 saturated heterocycles. The van der Waals surface area contributed by atoms with Crippen molar-refractivity contribution in [2.24, 2.45) is 5.10 Å². The molecule has 3 rings (SSSR count). The van der Waals surface area contributed by atoms with Crippen LogP contribution in [-0.4, -0.2) is 37.4 Å². The van der Waals surface area contributed by atoms with Gasteiger partial charge in [-0.2, -0.15) is 5.10 Å². The van der Waals surface area contributed by atoms with Crippen molar-refractivity contribution < 1.29 is 9.90 Å². The molecule has 23 heavy (non-hydrogen) atoms. The maximum absolute atomic E-state index is 10.9. The molecule has 1 N–H and O–H groups in total. The van der Waals surface area contributed by atoms with E-state index in [9.17, 15) is 4.79 Å². The number of hydrogen-bond donors (Lipinski definition) is 1. The zero-order chi connectivity index (χ0) is 16.4. The molecule has 2 aromatic rings. The van der Waals surface area contributed by atoms with Crippen LogP contribution in [0.2, 0.25) is 0 Å². The van der Waals surface area contributed by atoms with Crippen LogP contribution >= 0.6 is 0 Å². The Morgan fingerprint density at radius 3 is 2.30 bits per heavy atom. The van der Waals surface area contributed by atoms with E-state index in [2.05, 4.69) is 34.3 Å². The second kappa shape index (κ2) is 6.12. The maximum atomic E-state index is 10.9. The molecular weight excluding hydrogens is 290 g/mol. The Morgan fingerprint density at radius 1 is 1.09 bits per heavy atom. The molecule has 0 radical (unpaired) electrons. The van der Waals surface area contributed by atoms with Crippen LogP contribution in [0.15, 0.2) is 53.6 Å². The van der Waals surface area contributed by atoms with Gasteiger partial charge in [0.1, 0.15) is 0 Å². The van der Waals surface area contributed by atoms with Crippen LogP contribution in [0.4, 0.5) is 11.4 Å². The lowest BCUT2D eigenvalue weighted by Crippen LogP contribution is -2.12. The van der Waals surface area contributed by atoms with Crippen molar-refractivity contribution in [1.82, 2.24) is 0 Å². The fourth-order valence-electron chi connectivity index (χ4n) is 2.57. The van der Waals surface area contributed by atoms with Crippen molar-refractivity contribution in [3.63, 3.8) is 0 Å². The van der Waals surface area contributed by atoms with E-state index in [1.165, 1.54) is 0 Å². The lowest BCUT2D eigenvalue weighted by molar-refractivity contribution is 0.0697. The average molecular weight is 309 g/mol. The second-order valence-electron chi connectivity index (χ2n) is 5.71. The van der Waals surface area contributed by atoms with E-state index in [0.717, 1.165) is 35.6 Å². The standard InChI is InChI=1S/C18H19N3O2/c1-20(2)15-7-9-16(10-8-15)21-12-11-17(19-21)13-3-5-14(6-4-13)18(22)23/h3-10H,11-12H2,1-2H3,(H,22,23). The van der Waals surface area contributed by atoms with Crippen molar-refractivity contribution in [2.75, 3.05) is 30.5 Å². The third-order valence-electron chi connectivity index (χ3n) is 3.93. The van der Waals surface area contributed by atoms with E-state index in [0.29, 0.717) is 5.56 Å². The number of carbonyl (C=O) groups is 1. The molecule has 1 aliphatic heterocycles. The lowest BCUT2D eigenvalue weighted by atomic mass is 10.1. The van der Waals surface area contributed by atoms with Gasteiger partial charge in [-0.15, -0.1) is 0 Å². The van der Waals surface area contributed by atoms with Crippen LogP contribution in [-0.2, 0) is 0 Å². The molecule has 5 heteroatoms. The van der Waals surface area contributed by atoms with E-state index in [1.807, 2.05) is 31.2 Å². The first kappa shape index (κ1) is 15.1. The van der Waals surface area contributed by atoms with Crippen LogP contribution in [0, 0.1) is 0 Å². The van der Waals surface area contributed by atoms with E-state index in [-0.39, 0.29) is 0 Å². The minimum atomic E-state index is -0.910. The van der Waals surface area contributed by atoms with Gasteiger partial charge in [-0.25, -0.2) is 4.79 Å². The molecule has 0 amide bonds. The summed E-state index contributed by atoms with van der Waals surface area (Å²) in [7, 11) is 4.03. The van der Waals surface area contributed by atoms with Crippen LogP contribution in [0.5, 0.6) is 0 Å². The summed E-state index contributed by atoms with van der Waals surface area (Å²) < 4.78 is 0. The summed E-state index contributed by atoms with van der Waals surface area (Å²) in [6.07, 6.45) is 0.849. The summed E-state index contributed by atoms with van der Waals surface area (Å²) >= 11 is 0. The predicted octanol–water partition coefficient (Wildman–Crippen LogP) is 3.07. The van der Waals surface area contributed by atoms with Gasteiger partial charge >= 0.3 is 5.97 Å². The fraction of sp³-hybridized carbons (Fsp3) is 0.222. The number of rotatable bonds is 4. The average Bonchev–Trinajstić information content (AvgIpc) is 3.05. The van der Waals surface area contributed by atoms with Gasteiger partial charge in [-0.1, -0.05) is 12.1 Å². The number of nitrogens with zero attached hydrogens (tertiary/aromatic N) is 3. The van der Waals surface area contributed by atoms with Crippen molar-refractivity contribution in [2.45, 2.75) is 6.42 Å². The third kappa shape index (κ3) is 3.18. The van der Waals surface area contributed by atoms with Gasteiger partial charge in [0.05, 0.1) is 17.0 Å². The van der Waals surface area contributed by atoms with Crippen LogP contribution in [0.1, 0.15) is 22.3 Å². The SMILES string of the molecule is CN(C)c1ccc(N2CCC(c3ccc(C(=O)O)cc3)=N2)cc1. The molecular formula is C18H19N3O2. The van der Waals surface area contributed by atoms with Crippen molar-refractivity contribution in [3.8, 4) is 0 Å². The number of hydrogen-bond acceptors (Lipinski definition) is 4. The Bertz CT molecular complexity index is 734. The van der Waals surface area contributed by atoms with Crippen LogP contribution in [0.3, 0.4) is 0 Å². The van der Waals surface area contributed by atoms with E-state index in [4.69, 9.17) is 5.11 Å². The smallest absolute Gasteiger partial charge is 0.335 e. The summed E-state index contributed by atoms with van der Waals surface area (Å²) in [6, 6.07) is 15.2. The van der Waals surface area contributed by atoms with Gasteiger partial charge in [0.2, 0.25) is 0 Å². The highest BCUT2D eigenvalue weighted by molar-refractivity contribution is 6.03. The Morgan fingerprint density at radius 2 is 1.74 bits per heavy atom. The molecule has 0 spiro atoms. The van der Waals surface area contributed by atoms with E-state index in [1.54, 1.807) is 12.1 Å². The second-order valence-corrected chi connectivity index (χ2v) is 5.71. The summed E-state index contributed by atoms with van der Waals surface area (Å²) in [4.78, 5) is 13.0. The van der Waals surface area contributed by atoms with Crippen LogP contribution < -0.4 is 9.91 Å². The highest BCUT2D eigenvalue weighted by Crippen LogP contribution is 2.24. The summed E-state index contributed by atoms with van der Waals surface area (Å²) in [5, 5.41) is 15.6. The molecule has 1 aliphatic rings. The zero-order valence-corrected chi connectivity index (χ0v) is 13.2. The number of aromatic carboxylic acids is 1. The van der Waals surface area contributed by atoms with Gasteiger partial charge in [-0.3, -0.25) is 5.01 Å². The number of benzene rings is 2. The molecule has 5 nitrogen and oxygen atoms in total. The number of carboxylic acid groups (broad SMARTS) is 1. The van der Waals surface area contributed by atoms with Gasteiger partial charge in [0.25, 0.3) is 0 Å². The number of carboxylic acids is 1. The van der Waals surface area contributed by atoms with Crippen molar-refractivity contribution in [1.29, 1.82) is 0 Å². The zero-order valence-electron chi connectivity index (χ0n) is 13.2. The maximum Gasteiger partial charge on any atom is 0.335 e. The summed E-state index contributed by atoms with van der Waals surface area (Å²) in [5.41, 5.74) is 4.47. The molecule has 0 fully saturated rings. The predicted molar refractivity (Wildman–Crippen MR) is 92.7 cm³/mol. The first-order valence-electron chi connectivity index (χ1n) is 7.51. The van der Waals surface area contributed by atoms with Gasteiger partial charge in [0, 0.05) is 32.7 Å². The largest absolute Gasteiger partial charge is 0.478 e. The molecule has 0 aliphatic carbocycles. The van der Waals surface area contributed by atoms with Crippen LogP contribution in [0.25, 0.3) is 0 Å². The molecule has 2 aromatic carbocycles. The highest BCUT2D eigenvalue weighted by atomic mass is 16.4. The molecule has 118 valence electrons. The summed E-state index contributed by atoms with van der Waals surface area (Å²) in [5.74, 6) is -0.910. The van der Waals surface area contributed by atoms with Gasteiger partial charge in [-0.05, 0) is 42.0 Å². The molecule has 0 aromatic heterocycles. The Balaban J connectivity index is 1.78. The summed E-state index contributed by atoms with van der Waals surface area (Å²) in [6.45, 7) is 0.831. The third-order valence-corrected chi connectivity index (χ3v) is 3.93. The molecule has 1 heterocycles. The van der Waals surface area contributed by atoms with Crippen molar-refractivity contribution in [3.05, 3.63) is 59.7 Å². The lowest BCUT2D eigenvalue weighted by Gasteiger charge is -2.16. The minimum absolute atomic E-state index is 0.295. The van der Waals surface area contributed by atoms with Gasteiger partial charge < -0.3 is 10.0 Å². The van der Waals surface area contributed by atoms with E-state index >= 15 is 0 Å². The van der Waals surface area contributed by atoms with Gasteiger partial charge in [0.15, 0.2) is 0 Å². The topological polar surface area (TPSA) is 56.1 Å². The molecule has 0 saturated carbocycles. The quantitative estimate of drug-likeness (QED) is 0.943. The number of anilines is 2.